The van der Waals surface area contributed by atoms with Crippen LogP contribution >= 0.6 is 0 Å². The Hall–Kier alpha value is -2.30. The Morgan fingerprint density at radius 1 is 1.06 bits per heavy atom. The molecule has 2 rings (SSSR count). The van der Waals surface area contributed by atoms with Gasteiger partial charge in [-0.1, -0.05) is 6.07 Å². The second-order valence-corrected chi connectivity index (χ2v) is 4.11. The topological polar surface area (TPSA) is 53.1 Å². The molecule has 0 aliphatic carbocycles. The SMILES string of the molecule is CNc1cc(Nc2cccc(N(C)C)c2)ncn1. The minimum absolute atomic E-state index is 0.769. The van der Waals surface area contributed by atoms with E-state index in [1.54, 1.807) is 0 Å². The van der Waals surface area contributed by atoms with E-state index in [4.69, 9.17) is 0 Å². The Bertz CT molecular complexity index is 524. The Kier molecular flexibility index (Phi) is 3.62. The van der Waals surface area contributed by atoms with Crippen molar-refractivity contribution in [3.8, 4) is 0 Å². The second-order valence-electron chi connectivity index (χ2n) is 4.11. The summed E-state index contributed by atoms with van der Waals surface area (Å²) < 4.78 is 0. The van der Waals surface area contributed by atoms with Crippen molar-refractivity contribution in [3.05, 3.63) is 36.7 Å². The van der Waals surface area contributed by atoms with Gasteiger partial charge in [0.25, 0.3) is 0 Å². The van der Waals surface area contributed by atoms with E-state index in [9.17, 15) is 0 Å². The molecule has 0 aliphatic heterocycles. The van der Waals surface area contributed by atoms with Crippen LogP contribution in [-0.4, -0.2) is 31.1 Å². The highest BCUT2D eigenvalue weighted by molar-refractivity contribution is 5.64. The lowest BCUT2D eigenvalue weighted by Gasteiger charge is -2.14. The zero-order valence-electron chi connectivity index (χ0n) is 10.8. The van der Waals surface area contributed by atoms with Crippen molar-refractivity contribution in [3.63, 3.8) is 0 Å². The van der Waals surface area contributed by atoms with E-state index in [-0.39, 0.29) is 0 Å². The normalized spacial score (nSPS) is 9.94. The van der Waals surface area contributed by atoms with Gasteiger partial charge < -0.3 is 15.5 Å². The van der Waals surface area contributed by atoms with E-state index in [0.29, 0.717) is 0 Å². The lowest BCUT2D eigenvalue weighted by Crippen LogP contribution is -2.08. The van der Waals surface area contributed by atoms with Crippen molar-refractivity contribution < 1.29 is 0 Å². The van der Waals surface area contributed by atoms with Crippen molar-refractivity contribution >= 4 is 23.0 Å². The third-order valence-electron chi connectivity index (χ3n) is 2.56. The average molecular weight is 243 g/mol. The minimum atomic E-state index is 0.769. The maximum absolute atomic E-state index is 4.18. The van der Waals surface area contributed by atoms with Crippen LogP contribution in [0.25, 0.3) is 0 Å². The molecule has 0 spiro atoms. The van der Waals surface area contributed by atoms with Crippen LogP contribution in [0.1, 0.15) is 0 Å². The largest absolute Gasteiger partial charge is 0.378 e. The molecule has 0 saturated carbocycles. The highest BCUT2D eigenvalue weighted by atomic mass is 15.1. The van der Waals surface area contributed by atoms with Gasteiger partial charge in [0, 0.05) is 38.6 Å². The standard InChI is InChI=1S/C13H17N5/c1-14-12-8-13(16-9-15-12)17-10-5-4-6-11(7-10)18(2)3/h4-9H,1-3H3,(H2,14,15,16,17). The van der Waals surface area contributed by atoms with E-state index in [2.05, 4.69) is 37.6 Å². The number of hydrogen-bond acceptors (Lipinski definition) is 5. The first-order chi connectivity index (χ1) is 8.69. The minimum Gasteiger partial charge on any atom is -0.378 e. The molecular weight excluding hydrogens is 226 g/mol. The second kappa shape index (κ2) is 5.35. The van der Waals surface area contributed by atoms with Crippen molar-refractivity contribution in [1.82, 2.24) is 9.97 Å². The molecule has 0 aliphatic rings. The van der Waals surface area contributed by atoms with Crippen LogP contribution < -0.4 is 15.5 Å². The molecule has 18 heavy (non-hydrogen) atoms. The van der Waals surface area contributed by atoms with Gasteiger partial charge in [-0.15, -0.1) is 0 Å². The van der Waals surface area contributed by atoms with Crippen molar-refractivity contribution in [1.29, 1.82) is 0 Å². The van der Waals surface area contributed by atoms with Crippen molar-refractivity contribution in [2.24, 2.45) is 0 Å². The molecule has 0 fully saturated rings. The number of anilines is 4. The van der Waals surface area contributed by atoms with Crippen LogP contribution in [0.15, 0.2) is 36.7 Å². The van der Waals surface area contributed by atoms with Crippen LogP contribution in [0.4, 0.5) is 23.0 Å². The van der Waals surface area contributed by atoms with Gasteiger partial charge in [0.05, 0.1) is 0 Å². The van der Waals surface area contributed by atoms with Crippen LogP contribution in [0.5, 0.6) is 0 Å². The molecule has 0 bridgehead atoms. The van der Waals surface area contributed by atoms with Gasteiger partial charge in [-0.2, -0.15) is 0 Å². The fourth-order valence-corrected chi connectivity index (χ4v) is 1.57. The summed E-state index contributed by atoms with van der Waals surface area (Å²) >= 11 is 0. The zero-order valence-corrected chi connectivity index (χ0v) is 10.8. The van der Waals surface area contributed by atoms with Crippen molar-refractivity contribution in [2.45, 2.75) is 0 Å². The predicted molar refractivity (Wildman–Crippen MR) is 75.6 cm³/mol. The highest BCUT2D eigenvalue weighted by Gasteiger charge is 2.00. The molecule has 0 radical (unpaired) electrons. The van der Waals surface area contributed by atoms with E-state index >= 15 is 0 Å². The van der Waals surface area contributed by atoms with Gasteiger partial charge in [-0.3, -0.25) is 0 Å². The number of benzene rings is 1. The summed E-state index contributed by atoms with van der Waals surface area (Å²) in [5, 5.41) is 6.24. The Labute approximate surface area is 107 Å². The summed E-state index contributed by atoms with van der Waals surface area (Å²) in [5.41, 5.74) is 2.14. The molecule has 94 valence electrons. The van der Waals surface area contributed by atoms with Gasteiger partial charge in [-0.05, 0) is 18.2 Å². The lowest BCUT2D eigenvalue weighted by molar-refractivity contribution is 1.13. The first kappa shape index (κ1) is 12.2. The molecule has 2 N–H and O–H groups in total. The molecule has 1 aromatic heterocycles. The fraction of sp³-hybridized carbons (Fsp3) is 0.231. The lowest BCUT2D eigenvalue weighted by atomic mass is 10.2. The molecule has 0 atom stereocenters. The van der Waals surface area contributed by atoms with Gasteiger partial charge >= 0.3 is 0 Å². The number of nitrogens with zero attached hydrogens (tertiary/aromatic N) is 3. The Morgan fingerprint density at radius 3 is 2.56 bits per heavy atom. The number of hydrogen-bond donors (Lipinski definition) is 2. The number of rotatable bonds is 4. The first-order valence-electron chi connectivity index (χ1n) is 5.73. The van der Waals surface area contributed by atoms with Crippen molar-refractivity contribution in [2.75, 3.05) is 36.7 Å². The third kappa shape index (κ3) is 2.88. The summed E-state index contributed by atoms with van der Waals surface area (Å²) in [4.78, 5) is 10.3. The molecule has 5 nitrogen and oxygen atoms in total. The maximum atomic E-state index is 4.18. The summed E-state index contributed by atoms with van der Waals surface area (Å²) in [7, 11) is 5.87. The van der Waals surface area contributed by atoms with E-state index in [1.165, 1.54) is 6.33 Å². The average Bonchev–Trinajstić information content (AvgIpc) is 2.39. The predicted octanol–water partition coefficient (Wildman–Crippen LogP) is 2.33. The number of aromatic nitrogens is 2. The van der Waals surface area contributed by atoms with Crippen LogP contribution in [0.2, 0.25) is 0 Å². The third-order valence-corrected chi connectivity index (χ3v) is 2.56. The van der Waals surface area contributed by atoms with Crippen LogP contribution in [0.3, 0.4) is 0 Å². The monoisotopic (exact) mass is 243 g/mol. The van der Waals surface area contributed by atoms with Gasteiger partial charge in [-0.25, -0.2) is 9.97 Å². The Balaban J connectivity index is 2.20. The molecule has 0 unspecified atom stereocenters. The first-order valence-corrected chi connectivity index (χ1v) is 5.73. The molecular formula is C13H17N5. The van der Waals surface area contributed by atoms with E-state index in [0.717, 1.165) is 23.0 Å². The molecule has 2 aromatic rings. The van der Waals surface area contributed by atoms with Gasteiger partial charge in [0.2, 0.25) is 0 Å². The van der Waals surface area contributed by atoms with Crippen LogP contribution in [0, 0.1) is 0 Å². The summed E-state index contributed by atoms with van der Waals surface area (Å²) in [5.74, 6) is 1.56. The molecule has 0 amide bonds. The van der Waals surface area contributed by atoms with Gasteiger partial charge in [0.15, 0.2) is 0 Å². The Morgan fingerprint density at radius 2 is 1.83 bits per heavy atom. The number of nitrogens with one attached hydrogen (secondary N) is 2. The molecule has 1 aromatic carbocycles. The fourth-order valence-electron chi connectivity index (χ4n) is 1.57. The summed E-state index contributed by atoms with van der Waals surface area (Å²) in [6.45, 7) is 0. The highest BCUT2D eigenvalue weighted by Crippen LogP contribution is 2.20. The maximum Gasteiger partial charge on any atom is 0.135 e. The zero-order chi connectivity index (χ0) is 13.0. The molecule has 0 saturated heterocycles. The van der Waals surface area contributed by atoms with Gasteiger partial charge in [0.1, 0.15) is 18.0 Å². The molecule has 1 heterocycles. The summed E-state index contributed by atoms with van der Waals surface area (Å²) in [6.07, 6.45) is 1.53. The smallest absolute Gasteiger partial charge is 0.135 e. The molecule has 5 heteroatoms. The summed E-state index contributed by atoms with van der Waals surface area (Å²) in [6, 6.07) is 10.0. The van der Waals surface area contributed by atoms with E-state index < -0.39 is 0 Å². The van der Waals surface area contributed by atoms with E-state index in [1.807, 2.05) is 39.3 Å². The van der Waals surface area contributed by atoms with Crippen LogP contribution in [-0.2, 0) is 0 Å². The quantitative estimate of drug-likeness (QED) is 0.863.